The van der Waals surface area contributed by atoms with Gasteiger partial charge in [-0.15, -0.1) is 0 Å². The minimum absolute atomic E-state index is 0.0627. The Morgan fingerprint density at radius 2 is 1.48 bits per heavy atom. The van der Waals surface area contributed by atoms with Gasteiger partial charge in [0, 0.05) is 31.2 Å². The van der Waals surface area contributed by atoms with Crippen molar-refractivity contribution in [3.05, 3.63) is 59.1 Å². The minimum Gasteiger partial charge on any atom is -0.497 e. The molecule has 2 amide bonds. The zero-order valence-corrected chi connectivity index (χ0v) is 17.4. The Morgan fingerprint density at radius 3 is 2.07 bits per heavy atom. The number of benzene rings is 2. The van der Waals surface area contributed by atoms with E-state index in [1.807, 2.05) is 24.3 Å². The van der Waals surface area contributed by atoms with Gasteiger partial charge in [0.15, 0.2) is 6.10 Å². The van der Waals surface area contributed by atoms with Crippen LogP contribution in [0.1, 0.15) is 12.5 Å². The summed E-state index contributed by atoms with van der Waals surface area (Å²) in [5.74, 6) is 1.35. The molecule has 1 heterocycles. The summed E-state index contributed by atoms with van der Waals surface area (Å²) in [5, 5.41) is 0.617. The van der Waals surface area contributed by atoms with E-state index in [1.54, 1.807) is 48.1 Å². The number of carbonyl (C=O) groups is 2. The maximum atomic E-state index is 12.7. The Kier molecular flexibility index (Phi) is 6.99. The third kappa shape index (κ3) is 5.64. The Morgan fingerprint density at radius 1 is 0.931 bits per heavy atom. The van der Waals surface area contributed by atoms with Crippen molar-refractivity contribution in [3.8, 4) is 11.5 Å². The number of piperazine rings is 1. The van der Waals surface area contributed by atoms with Gasteiger partial charge in [-0.3, -0.25) is 9.59 Å². The van der Waals surface area contributed by atoms with E-state index in [0.717, 1.165) is 11.3 Å². The van der Waals surface area contributed by atoms with Gasteiger partial charge < -0.3 is 19.3 Å². The Hall–Kier alpha value is -2.73. The average molecular weight is 417 g/mol. The summed E-state index contributed by atoms with van der Waals surface area (Å²) < 4.78 is 10.9. The molecule has 1 atom stereocenters. The van der Waals surface area contributed by atoms with E-state index in [-0.39, 0.29) is 11.8 Å². The van der Waals surface area contributed by atoms with Crippen LogP contribution in [-0.4, -0.2) is 61.0 Å². The van der Waals surface area contributed by atoms with Crippen molar-refractivity contribution in [1.82, 2.24) is 9.80 Å². The number of methoxy groups -OCH3 is 1. The average Bonchev–Trinajstić information content (AvgIpc) is 2.75. The normalized spacial score (nSPS) is 15.0. The van der Waals surface area contributed by atoms with E-state index < -0.39 is 6.10 Å². The van der Waals surface area contributed by atoms with Crippen LogP contribution in [0.5, 0.6) is 11.5 Å². The van der Waals surface area contributed by atoms with E-state index in [9.17, 15) is 9.59 Å². The largest absolute Gasteiger partial charge is 0.497 e. The predicted molar refractivity (Wildman–Crippen MR) is 111 cm³/mol. The summed E-state index contributed by atoms with van der Waals surface area (Å²) in [6.45, 7) is 3.78. The lowest BCUT2D eigenvalue weighted by molar-refractivity contribution is -0.143. The van der Waals surface area contributed by atoms with Gasteiger partial charge in [-0.05, 0) is 48.9 Å². The molecule has 1 saturated heterocycles. The topological polar surface area (TPSA) is 59.1 Å². The van der Waals surface area contributed by atoms with E-state index in [1.165, 1.54) is 0 Å². The highest BCUT2D eigenvalue weighted by Gasteiger charge is 2.27. The number of hydrogen-bond donors (Lipinski definition) is 0. The summed E-state index contributed by atoms with van der Waals surface area (Å²) >= 11 is 5.87. The molecule has 1 unspecified atom stereocenters. The molecule has 6 nitrogen and oxygen atoms in total. The van der Waals surface area contributed by atoms with Crippen molar-refractivity contribution in [3.63, 3.8) is 0 Å². The molecule has 0 aromatic heterocycles. The number of halogens is 1. The first-order chi connectivity index (χ1) is 14.0. The van der Waals surface area contributed by atoms with Crippen molar-refractivity contribution >= 4 is 23.4 Å². The molecule has 2 aromatic rings. The molecule has 0 aliphatic carbocycles. The van der Waals surface area contributed by atoms with Gasteiger partial charge in [-0.25, -0.2) is 0 Å². The van der Waals surface area contributed by atoms with Crippen molar-refractivity contribution in [2.75, 3.05) is 33.3 Å². The quantitative estimate of drug-likeness (QED) is 0.726. The molecule has 0 bridgehead atoms. The summed E-state index contributed by atoms with van der Waals surface area (Å²) in [5.41, 5.74) is 0.944. The highest BCUT2D eigenvalue weighted by atomic mass is 35.5. The lowest BCUT2D eigenvalue weighted by atomic mass is 10.1. The lowest BCUT2D eigenvalue weighted by Gasteiger charge is -2.36. The zero-order valence-electron chi connectivity index (χ0n) is 16.6. The zero-order chi connectivity index (χ0) is 20.8. The molecule has 2 aromatic carbocycles. The molecular weight excluding hydrogens is 392 g/mol. The molecule has 0 N–H and O–H groups in total. The third-order valence-electron chi connectivity index (χ3n) is 4.93. The molecule has 154 valence electrons. The van der Waals surface area contributed by atoms with E-state index in [0.29, 0.717) is 43.4 Å². The van der Waals surface area contributed by atoms with Crippen molar-refractivity contribution in [1.29, 1.82) is 0 Å². The second kappa shape index (κ2) is 9.65. The van der Waals surface area contributed by atoms with E-state index in [4.69, 9.17) is 21.1 Å². The molecular formula is C22H25ClN2O4. The molecule has 1 fully saturated rings. The van der Waals surface area contributed by atoms with Gasteiger partial charge in [0.2, 0.25) is 5.91 Å². The monoisotopic (exact) mass is 416 g/mol. The number of rotatable bonds is 6. The fourth-order valence-electron chi connectivity index (χ4n) is 3.23. The SMILES string of the molecule is COc1ccc(CC(=O)N2CCN(C(=O)C(C)Oc3ccc(Cl)cc3)CC2)cc1. The van der Waals surface area contributed by atoms with Crippen molar-refractivity contribution in [2.24, 2.45) is 0 Å². The number of amides is 2. The van der Waals surface area contributed by atoms with Gasteiger partial charge in [-0.1, -0.05) is 23.7 Å². The molecule has 0 spiro atoms. The molecule has 0 radical (unpaired) electrons. The molecule has 1 aliphatic heterocycles. The van der Waals surface area contributed by atoms with Crippen LogP contribution in [0.2, 0.25) is 5.02 Å². The summed E-state index contributed by atoms with van der Waals surface area (Å²) in [4.78, 5) is 28.8. The molecule has 0 saturated carbocycles. The van der Waals surface area contributed by atoms with Crippen LogP contribution in [0.15, 0.2) is 48.5 Å². The fourth-order valence-corrected chi connectivity index (χ4v) is 3.36. The van der Waals surface area contributed by atoms with Crippen LogP contribution < -0.4 is 9.47 Å². The lowest BCUT2D eigenvalue weighted by Crippen LogP contribution is -2.53. The Balaban J connectivity index is 1.47. The van der Waals surface area contributed by atoms with Crippen LogP contribution >= 0.6 is 11.6 Å². The number of ether oxygens (including phenoxy) is 2. The minimum atomic E-state index is -0.599. The smallest absolute Gasteiger partial charge is 0.263 e. The molecule has 3 rings (SSSR count). The van der Waals surface area contributed by atoms with Gasteiger partial charge in [0.05, 0.1) is 13.5 Å². The number of nitrogens with zero attached hydrogens (tertiary/aromatic N) is 2. The van der Waals surface area contributed by atoms with Gasteiger partial charge in [0.25, 0.3) is 5.91 Å². The van der Waals surface area contributed by atoms with Crippen LogP contribution in [-0.2, 0) is 16.0 Å². The van der Waals surface area contributed by atoms with Gasteiger partial charge in [-0.2, -0.15) is 0 Å². The van der Waals surface area contributed by atoms with Crippen molar-refractivity contribution in [2.45, 2.75) is 19.4 Å². The maximum absolute atomic E-state index is 12.7. The fraction of sp³-hybridized carbons (Fsp3) is 0.364. The van der Waals surface area contributed by atoms with Crippen LogP contribution in [0.4, 0.5) is 0 Å². The van der Waals surface area contributed by atoms with E-state index >= 15 is 0 Å². The first kappa shape index (κ1) is 21.0. The molecule has 29 heavy (non-hydrogen) atoms. The third-order valence-corrected chi connectivity index (χ3v) is 5.18. The first-order valence-corrected chi connectivity index (χ1v) is 9.96. The maximum Gasteiger partial charge on any atom is 0.263 e. The van der Waals surface area contributed by atoms with Crippen molar-refractivity contribution < 1.29 is 19.1 Å². The summed E-state index contributed by atoms with van der Waals surface area (Å²) in [6.07, 6.45) is -0.258. The highest BCUT2D eigenvalue weighted by Crippen LogP contribution is 2.18. The van der Waals surface area contributed by atoms with Crippen LogP contribution in [0.25, 0.3) is 0 Å². The second-order valence-corrected chi connectivity index (χ2v) is 7.38. The predicted octanol–water partition coefficient (Wildman–Crippen LogP) is 3.03. The summed E-state index contributed by atoms with van der Waals surface area (Å²) in [7, 11) is 1.61. The Bertz CT molecular complexity index is 831. The van der Waals surface area contributed by atoms with Gasteiger partial charge in [0.1, 0.15) is 11.5 Å². The van der Waals surface area contributed by atoms with Gasteiger partial charge >= 0.3 is 0 Å². The standard InChI is InChI=1S/C22H25ClN2O4/c1-16(29-20-9-5-18(23)6-10-20)22(27)25-13-11-24(12-14-25)21(26)15-17-3-7-19(28-2)8-4-17/h3-10,16H,11-15H2,1-2H3. The number of carbonyl (C=O) groups excluding carboxylic acids is 2. The molecule has 1 aliphatic rings. The first-order valence-electron chi connectivity index (χ1n) is 9.58. The van der Waals surface area contributed by atoms with E-state index in [2.05, 4.69) is 0 Å². The summed E-state index contributed by atoms with van der Waals surface area (Å²) in [6, 6.07) is 14.4. The number of hydrogen-bond acceptors (Lipinski definition) is 4. The highest BCUT2D eigenvalue weighted by molar-refractivity contribution is 6.30. The second-order valence-electron chi connectivity index (χ2n) is 6.94. The molecule has 7 heteroatoms. The van der Waals surface area contributed by atoms with Crippen LogP contribution in [0.3, 0.4) is 0 Å². The Labute approximate surface area is 176 Å². The van der Waals surface area contributed by atoms with Crippen LogP contribution in [0, 0.1) is 0 Å².